The molecule has 0 aromatic heterocycles. The quantitative estimate of drug-likeness (QED) is 0.412. The summed E-state index contributed by atoms with van der Waals surface area (Å²) in [5.41, 5.74) is 5.18. The first kappa shape index (κ1) is 17.5. The van der Waals surface area contributed by atoms with Crippen molar-refractivity contribution in [2.75, 3.05) is 13.4 Å². The lowest BCUT2D eigenvalue weighted by molar-refractivity contribution is -0.135. The van der Waals surface area contributed by atoms with Gasteiger partial charge in [0.25, 0.3) is 0 Å². The van der Waals surface area contributed by atoms with E-state index in [-0.39, 0.29) is 16.4 Å². The molecule has 0 aromatic rings. The summed E-state index contributed by atoms with van der Waals surface area (Å²) >= 11 is 0. The molecule has 0 spiro atoms. The average Bonchev–Trinajstić information content (AvgIpc) is 2.22. The number of hydrogen-bond acceptors (Lipinski definition) is 2. The summed E-state index contributed by atoms with van der Waals surface area (Å²) in [5, 5.41) is 0. The van der Waals surface area contributed by atoms with E-state index in [0.717, 1.165) is 13.0 Å². The van der Waals surface area contributed by atoms with Crippen molar-refractivity contribution in [1.29, 1.82) is 0 Å². The molecular weight excluding hydrogens is 248 g/mol. The smallest absolute Gasteiger partial charge is 0.147 e. The fraction of sp³-hybridized carbons (Fsp3) is 0.833. The van der Waals surface area contributed by atoms with E-state index in [1.54, 1.807) is 0 Å². The highest BCUT2D eigenvalue weighted by molar-refractivity contribution is 5.24. The van der Waals surface area contributed by atoms with Crippen molar-refractivity contribution in [1.82, 2.24) is 0 Å². The molecule has 0 amide bonds. The number of ether oxygens (including phenoxy) is 2. The second-order valence-corrected chi connectivity index (χ2v) is 8.50. The Morgan fingerprint density at radius 1 is 1.20 bits per heavy atom. The van der Waals surface area contributed by atoms with Gasteiger partial charge in [0.2, 0.25) is 0 Å². The van der Waals surface area contributed by atoms with Gasteiger partial charge in [0.15, 0.2) is 0 Å². The maximum Gasteiger partial charge on any atom is 0.147 e. The van der Waals surface area contributed by atoms with Gasteiger partial charge >= 0.3 is 0 Å². The largest absolute Gasteiger partial charge is 0.355 e. The molecule has 1 fully saturated rings. The van der Waals surface area contributed by atoms with Crippen molar-refractivity contribution in [2.24, 2.45) is 16.7 Å². The third kappa shape index (κ3) is 5.44. The molecule has 1 rings (SSSR count). The van der Waals surface area contributed by atoms with Crippen LogP contribution in [0.4, 0.5) is 0 Å². The Balaban J connectivity index is 2.45. The van der Waals surface area contributed by atoms with Crippen molar-refractivity contribution < 1.29 is 9.47 Å². The minimum absolute atomic E-state index is 0.129. The highest BCUT2D eigenvalue weighted by Gasteiger charge is 2.43. The van der Waals surface area contributed by atoms with Gasteiger partial charge in [0.05, 0.1) is 12.2 Å². The van der Waals surface area contributed by atoms with Crippen LogP contribution in [-0.2, 0) is 9.47 Å². The maximum absolute atomic E-state index is 5.67. The van der Waals surface area contributed by atoms with E-state index >= 15 is 0 Å². The van der Waals surface area contributed by atoms with Crippen LogP contribution in [0.25, 0.3) is 0 Å². The predicted octanol–water partition coefficient (Wildman–Crippen LogP) is 4.95. The molecular formula is C18H32O2. The highest BCUT2D eigenvalue weighted by atomic mass is 16.7. The van der Waals surface area contributed by atoms with Crippen molar-refractivity contribution >= 4 is 0 Å². The van der Waals surface area contributed by atoms with Gasteiger partial charge < -0.3 is 9.47 Å². The Labute approximate surface area is 125 Å². The molecule has 1 unspecified atom stereocenters. The topological polar surface area (TPSA) is 18.5 Å². The van der Waals surface area contributed by atoms with Crippen molar-refractivity contribution in [2.45, 2.75) is 67.4 Å². The first-order valence-corrected chi connectivity index (χ1v) is 7.61. The molecule has 0 aromatic carbocycles. The molecule has 0 aliphatic heterocycles. The highest BCUT2D eigenvalue weighted by Crippen LogP contribution is 2.50. The molecule has 0 bridgehead atoms. The summed E-state index contributed by atoms with van der Waals surface area (Å²) < 4.78 is 11.3. The summed E-state index contributed by atoms with van der Waals surface area (Å²) in [6.45, 7) is 18.5. The van der Waals surface area contributed by atoms with Crippen molar-refractivity contribution in [3.63, 3.8) is 0 Å². The molecule has 0 N–H and O–H groups in total. The van der Waals surface area contributed by atoms with Crippen LogP contribution >= 0.6 is 0 Å². The summed E-state index contributed by atoms with van der Waals surface area (Å²) in [6.07, 6.45) is 3.28. The van der Waals surface area contributed by atoms with Crippen LogP contribution in [0.3, 0.4) is 0 Å². The molecule has 2 heteroatoms. The van der Waals surface area contributed by atoms with Crippen LogP contribution in [0.15, 0.2) is 17.4 Å². The molecule has 0 radical (unpaired) electrons. The van der Waals surface area contributed by atoms with E-state index in [0.29, 0.717) is 12.7 Å². The lowest BCUT2D eigenvalue weighted by Gasteiger charge is -2.46. The summed E-state index contributed by atoms with van der Waals surface area (Å²) in [6, 6.07) is 0. The first-order valence-electron chi connectivity index (χ1n) is 7.61. The van der Waals surface area contributed by atoms with E-state index in [9.17, 15) is 0 Å². The summed E-state index contributed by atoms with van der Waals surface area (Å²) in [4.78, 5) is 0. The van der Waals surface area contributed by atoms with E-state index in [1.165, 1.54) is 5.57 Å². The Morgan fingerprint density at radius 2 is 1.80 bits per heavy atom. The molecule has 0 heterocycles. The van der Waals surface area contributed by atoms with Gasteiger partial charge in [0.1, 0.15) is 6.79 Å². The zero-order chi connectivity index (χ0) is 15.6. The number of rotatable bonds is 4. The predicted molar refractivity (Wildman–Crippen MR) is 84.6 cm³/mol. The van der Waals surface area contributed by atoms with Crippen LogP contribution in [0.5, 0.6) is 0 Å². The van der Waals surface area contributed by atoms with Crippen LogP contribution < -0.4 is 0 Å². The molecule has 1 atom stereocenters. The Kier molecular flexibility index (Phi) is 5.29. The molecule has 1 aliphatic rings. The number of allylic oxidation sites excluding steroid dienone is 1. The average molecular weight is 280 g/mol. The Hall–Kier alpha value is -0.560. The minimum atomic E-state index is -0.129. The van der Waals surface area contributed by atoms with Crippen molar-refractivity contribution in [3.05, 3.63) is 17.4 Å². The zero-order valence-corrected chi connectivity index (χ0v) is 14.6. The molecule has 2 nitrogen and oxygen atoms in total. The normalized spacial score (nSPS) is 22.2. The second-order valence-electron chi connectivity index (χ2n) is 8.50. The fourth-order valence-corrected chi connectivity index (χ4v) is 2.10. The Bertz CT molecular complexity index is 385. The minimum Gasteiger partial charge on any atom is -0.355 e. The second kappa shape index (κ2) is 6.05. The lowest BCUT2D eigenvalue weighted by Crippen LogP contribution is -2.40. The SMILES string of the molecule is CC(C)(C)C=C=C1CC(COCOC(C)(C)C)C1(C)C. The fourth-order valence-electron chi connectivity index (χ4n) is 2.10. The molecule has 1 aliphatic carbocycles. The van der Waals surface area contributed by atoms with Gasteiger partial charge in [-0.3, -0.25) is 0 Å². The summed E-state index contributed by atoms with van der Waals surface area (Å²) in [5.74, 6) is 0.571. The van der Waals surface area contributed by atoms with Crippen LogP contribution in [-0.4, -0.2) is 19.0 Å². The van der Waals surface area contributed by atoms with Gasteiger partial charge in [-0.25, -0.2) is 0 Å². The third-order valence-electron chi connectivity index (χ3n) is 3.82. The summed E-state index contributed by atoms with van der Waals surface area (Å²) in [7, 11) is 0. The molecule has 20 heavy (non-hydrogen) atoms. The van der Waals surface area contributed by atoms with E-state index in [1.807, 2.05) is 20.8 Å². The first-order chi connectivity index (χ1) is 8.92. The lowest BCUT2D eigenvalue weighted by atomic mass is 9.59. The van der Waals surface area contributed by atoms with E-state index in [2.05, 4.69) is 46.4 Å². The third-order valence-corrected chi connectivity index (χ3v) is 3.82. The number of hydrogen-bond donors (Lipinski definition) is 0. The monoisotopic (exact) mass is 280 g/mol. The molecule has 1 saturated carbocycles. The van der Waals surface area contributed by atoms with Gasteiger partial charge in [-0.1, -0.05) is 34.6 Å². The van der Waals surface area contributed by atoms with Crippen molar-refractivity contribution in [3.8, 4) is 0 Å². The zero-order valence-electron chi connectivity index (χ0n) is 14.6. The van der Waals surface area contributed by atoms with E-state index < -0.39 is 0 Å². The standard InChI is InChI=1S/C18H32O2/c1-16(2,3)10-9-14-11-15(18(14,7)8)12-19-13-20-17(4,5)6/h10,15H,11-13H2,1-8H3. The Morgan fingerprint density at radius 3 is 2.25 bits per heavy atom. The van der Waals surface area contributed by atoms with Crippen LogP contribution in [0, 0.1) is 16.7 Å². The van der Waals surface area contributed by atoms with Gasteiger partial charge in [-0.15, -0.1) is 5.73 Å². The van der Waals surface area contributed by atoms with Gasteiger partial charge in [-0.05, 0) is 55.6 Å². The maximum atomic E-state index is 5.67. The molecule has 0 saturated heterocycles. The van der Waals surface area contributed by atoms with Gasteiger partial charge in [-0.2, -0.15) is 0 Å². The van der Waals surface area contributed by atoms with Crippen LogP contribution in [0.2, 0.25) is 0 Å². The van der Waals surface area contributed by atoms with Gasteiger partial charge in [0, 0.05) is 0 Å². The van der Waals surface area contributed by atoms with E-state index in [4.69, 9.17) is 9.47 Å². The molecule has 116 valence electrons. The van der Waals surface area contributed by atoms with Crippen LogP contribution in [0.1, 0.15) is 61.8 Å².